The second kappa shape index (κ2) is 9.15. The normalized spacial score (nSPS) is 11.1. The maximum absolute atomic E-state index is 12.1. The number of anilines is 1. The minimum atomic E-state index is -0.191. The van der Waals surface area contributed by atoms with E-state index in [1.165, 1.54) is 6.08 Å². The van der Waals surface area contributed by atoms with Gasteiger partial charge in [-0.1, -0.05) is 6.07 Å². The summed E-state index contributed by atoms with van der Waals surface area (Å²) in [4.78, 5) is 22.0. The molecule has 0 unspecified atom stereocenters. The van der Waals surface area contributed by atoms with E-state index in [2.05, 4.69) is 20.4 Å². The van der Waals surface area contributed by atoms with E-state index in [0.717, 1.165) is 21.8 Å². The van der Waals surface area contributed by atoms with Gasteiger partial charge in [0.05, 0.1) is 5.69 Å². The molecule has 0 saturated carbocycles. The zero-order valence-corrected chi connectivity index (χ0v) is 19.1. The molecule has 0 bridgehead atoms. The lowest BCUT2D eigenvalue weighted by Crippen LogP contribution is -2.07. The molecule has 0 spiro atoms. The average Bonchev–Trinajstić information content (AvgIpc) is 3.37. The molecule has 32 heavy (non-hydrogen) atoms. The zero-order valence-electron chi connectivity index (χ0n) is 18.3. The van der Waals surface area contributed by atoms with Gasteiger partial charge in [0, 0.05) is 28.4 Å². The van der Waals surface area contributed by atoms with Gasteiger partial charge >= 0.3 is 0 Å². The number of aromatic nitrogens is 4. The lowest BCUT2D eigenvalue weighted by molar-refractivity contribution is -0.111. The highest BCUT2D eigenvalue weighted by molar-refractivity contribution is 7.10. The van der Waals surface area contributed by atoms with Gasteiger partial charge in [0.15, 0.2) is 5.82 Å². The van der Waals surface area contributed by atoms with Gasteiger partial charge in [0.1, 0.15) is 11.6 Å². The number of nitrogens with one attached hydrogen (secondary N) is 1. The van der Waals surface area contributed by atoms with Crippen molar-refractivity contribution in [2.24, 2.45) is 0 Å². The number of nitrogens with zero attached hydrogens (tertiary/aromatic N) is 4. The standard InChI is InChI=1S/C24H23N5O2S/c1-15-16(2)28-29(17(15)3)22-14-24(26-18(4)25-22)31-20-9-7-19(8-10-20)27-23(30)12-11-21-6-5-13-32-21/h5-14H,1-4H3,(H,27,30)/b12-11+. The van der Waals surface area contributed by atoms with Crippen LogP contribution in [0, 0.1) is 27.7 Å². The topological polar surface area (TPSA) is 81.9 Å². The summed E-state index contributed by atoms with van der Waals surface area (Å²) in [5.41, 5.74) is 3.80. The van der Waals surface area contributed by atoms with Crippen LogP contribution >= 0.6 is 11.3 Å². The van der Waals surface area contributed by atoms with E-state index in [1.54, 1.807) is 52.4 Å². The minimum absolute atomic E-state index is 0.191. The lowest BCUT2D eigenvalue weighted by Gasteiger charge is -2.10. The Morgan fingerprint density at radius 1 is 1.09 bits per heavy atom. The molecule has 0 aliphatic heterocycles. The van der Waals surface area contributed by atoms with E-state index in [1.807, 2.05) is 45.2 Å². The van der Waals surface area contributed by atoms with Crippen LogP contribution in [0.2, 0.25) is 0 Å². The number of amides is 1. The molecule has 4 rings (SSSR count). The summed E-state index contributed by atoms with van der Waals surface area (Å²) < 4.78 is 7.74. The van der Waals surface area contributed by atoms with E-state index < -0.39 is 0 Å². The van der Waals surface area contributed by atoms with Crippen LogP contribution < -0.4 is 10.1 Å². The molecule has 0 aliphatic rings. The molecule has 4 aromatic rings. The molecule has 3 heterocycles. The zero-order chi connectivity index (χ0) is 22.7. The molecule has 0 atom stereocenters. The third kappa shape index (κ3) is 4.92. The molecule has 7 nitrogen and oxygen atoms in total. The van der Waals surface area contributed by atoms with Crippen molar-refractivity contribution in [2.75, 3.05) is 5.32 Å². The summed E-state index contributed by atoms with van der Waals surface area (Å²) >= 11 is 1.58. The first-order chi connectivity index (χ1) is 15.4. The Bertz CT molecular complexity index is 1270. The van der Waals surface area contributed by atoms with Crippen molar-refractivity contribution in [3.8, 4) is 17.4 Å². The fourth-order valence-corrected chi connectivity index (χ4v) is 3.70. The molecule has 8 heteroatoms. The van der Waals surface area contributed by atoms with Gasteiger partial charge in [-0.3, -0.25) is 4.79 Å². The number of hydrogen-bond donors (Lipinski definition) is 1. The Labute approximate surface area is 190 Å². The number of benzene rings is 1. The highest BCUT2D eigenvalue weighted by Crippen LogP contribution is 2.24. The predicted molar refractivity (Wildman–Crippen MR) is 127 cm³/mol. The van der Waals surface area contributed by atoms with Crippen LogP contribution in [0.15, 0.2) is 53.9 Å². The van der Waals surface area contributed by atoms with Crippen molar-refractivity contribution >= 4 is 29.0 Å². The van der Waals surface area contributed by atoms with Crippen molar-refractivity contribution in [3.05, 3.63) is 81.6 Å². The number of rotatable bonds is 6. The summed E-state index contributed by atoms with van der Waals surface area (Å²) in [6.45, 7) is 7.84. The average molecular weight is 446 g/mol. The van der Waals surface area contributed by atoms with Crippen LogP contribution in [0.1, 0.15) is 27.7 Å². The number of ether oxygens (including phenoxy) is 1. The third-order valence-corrected chi connectivity index (χ3v) is 5.80. The van der Waals surface area contributed by atoms with Gasteiger partial charge in [0.25, 0.3) is 0 Å². The summed E-state index contributed by atoms with van der Waals surface area (Å²) in [5.74, 6) is 2.08. The number of hydrogen-bond acceptors (Lipinski definition) is 6. The third-order valence-electron chi connectivity index (χ3n) is 4.96. The fourth-order valence-electron chi connectivity index (χ4n) is 3.08. The van der Waals surface area contributed by atoms with Crippen molar-refractivity contribution in [1.29, 1.82) is 0 Å². The molecule has 1 amide bonds. The van der Waals surface area contributed by atoms with Gasteiger partial charge < -0.3 is 10.1 Å². The minimum Gasteiger partial charge on any atom is -0.439 e. The van der Waals surface area contributed by atoms with E-state index in [-0.39, 0.29) is 5.91 Å². The first-order valence-corrected chi connectivity index (χ1v) is 11.0. The Morgan fingerprint density at radius 2 is 1.88 bits per heavy atom. The fraction of sp³-hybridized carbons (Fsp3) is 0.167. The van der Waals surface area contributed by atoms with Gasteiger partial charge in [-0.25, -0.2) is 9.67 Å². The van der Waals surface area contributed by atoms with Gasteiger partial charge in [-0.15, -0.1) is 11.3 Å². The molecule has 0 saturated heterocycles. The van der Waals surface area contributed by atoms with Gasteiger partial charge in [-0.2, -0.15) is 10.1 Å². The van der Waals surface area contributed by atoms with E-state index in [0.29, 0.717) is 29.0 Å². The molecule has 0 aliphatic carbocycles. The summed E-state index contributed by atoms with van der Waals surface area (Å²) in [6.07, 6.45) is 3.30. The van der Waals surface area contributed by atoms with Crippen LogP contribution in [-0.2, 0) is 4.79 Å². The SMILES string of the molecule is Cc1nc(Oc2ccc(NC(=O)/C=C/c3cccs3)cc2)cc(-n2nc(C)c(C)c2C)n1. The Hall–Kier alpha value is -3.78. The first-order valence-electron chi connectivity index (χ1n) is 10.1. The molecule has 1 aromatic carbocycles. The summed E-state index contributed by atoms with van der Waals surface area (Å²) in [7, 11) is 0. The molecule has 0 fully saturated rings. The van der Waals surface area contributed by atoms with Crippen molar-refractivity contribution in [1.82, 2.24) is 19.7 Å². The van der Waals surface area contributed by atoms with Crippen molar-refractivity contribution < 1.29 is 9.53 Å². The van der Waals surface area contributed by atoms with Crippen LogP contribution in [0.25, 0.3) is 11.9 Å². The molecular weight excluding hydrogens is 422 g/mol. The maximum atomic E-state index is 12.1. The Kier molecular flexibility index (Phi) is 6.13. The quantitative estimate of drug-likeness (QED) is 0.402. The Balaban J connectivity index is 1.46. The largest absolute Gasteiger partial charge is 0.439 e. The van der Waals surface area contributed by atoms with Crippen LogP contribution in [0.4, 0.5) is 5.69 Å². The predicted octanol–water partition coefficient (Wildman–Crippen LogP) is 5.40. The van der Waals surface area contributed by atoms with E-state index >= 15 is 0 Å². The summed E-state index contributed by atoms with van der Waals surface area (Å²) in [6, 6.07) is 12.8. The number of carbonyl (C=O) groups is 1. The Morgan fingerprint density at radius 3 is 2.53 bits per heavy atom. The maximum Gasteiger partial charge on any atom is 0.248 e. The number of aryl methyl sites for hydroxylation is 2. The molecule has 0 radical (unpaired) electrons. The van der Waals surface area contributed by atoms with Crippen LogP contribution in [0.3, 0.4) is 0 Å². The molecule has 3 aromatic heterocycles. The second-order valence-electron chi connectivity index (χ2n) is 7.28. The first kappa shape index (κ1) is 21.5. The highest BCUT2D eigenvalue weighted by atomic mass is 32.1. The van der Waals surface area contributed by atoms with Gasteiger partial charge in [-0.05, 0) is 75.0 Å². The summed E-state index contributed by atoms with van der Waals surface area (Å²) in [5, 5.41) is 9.37. The number of carbonyl (C=O) groups excluding carboxylic acids is 1. The van der Waals surface area contributed by atoms with Gasteiger partial charge in [0.2, 0.25) is 11.8 Å². The van der Waals surface area contributed by atoms with Crippen molar-refractivity contribution in [3.63, 3.8) is 0 Å². The molecular formula is C24H23N5O2S. The second-order valence-corrected chi connectivity index (χ2v) is 8.26. The highest BCUT2D eigenvalue weighted by Gasteiger charge is 2.13. The van der Waals surface area contributed by atoms with E-state index in [4.69, 9.17) is 4.74 Å². The molecule has 162 valence electrons. The molecule has 1 N–H and O–H groups in total. The lowest BCUT2D eigenvalue weighted by atomic mass is 10.2. The van der Waals surface area contributed by atoms with Crippen LogP contribution in [-0.4, -0.2) is 25.7 Å². The number of thiophene rings is 1. The monoisotopic (exact) mass is 445 g/mol. The van der Waals surface area contributed by atoms with Crippen LogP contribution in [0.5, 0.6) is 11.6 Å². The smallest absolute Gasteiger partial charge is 0.248 e. The van der Waals surface area contributed by atoms with E-state index in [9.17, 15) is 4.79 Å². The van der Waals surface area contributed by atoms with Crippen molar-refractivity contribution in [2.45, 2.75) is 27.7 Å².